The summed E-state index contributed by atoms with van der Waals surface area (Å²) in [5.74, 6) is -1.91. The number of hydrogen-bond acceptors (Lipinski definition) is 5. The number of pyridine rings is 1. The summed E-state index contributed by atoms with van der Waals surface area (Å²) in [6.07, 6.45) is 3.44. The van der Waals surface area contributed by atoms with Gasteiger partial charge in [0.25, 0.3) is 0 Å². The van der Waals surface area contributed by atoms with Crippen LogP contribution < -0.4 is 0 Å². The zero-order valence-electron chi connectivity index (χ0n) is 13.8. The van der Waals surface area contributed by atoms with Crippen molar-refractivity contribution >= 4 is 34.7 Å². The van der Waals surface area contributed by atoms with Gasteiger partial charge in [0.1, 0.15) is 5.92 Å². The van der Waals surface area contributed by atoms with Gasteiger partial charge < -0.3 is 4.74 Å². The number of ketones is 1. The number of nitrogens with zero attached hydrogens (tertiary/aromatic N) is 1. The van der Waals surface area contributed by atoms with E-state index in [1.807, 2.05) is 30.3 Å². The summed E-state index contributed by atoms with van der Waals surface area (Å²) in [7, 11) is 1.31. The van der Waals surface area contributed by atoms with Crippen molar-refractivity contribution in [3.8, 4) is 10.4 Å². The monoisotopic (exact) mass is 383 g/mol. The highest BCUT2D eigenvalue weighted by molar-refractivity contribution is 7.17. The Morgan fingerprint density at radius 2 is 1.85 bits per heavy atom. The highest BCUT2D eigenvalue weighted by atomic mass is 35.5. The van der Waals surface area contributed by atoms with Gasteiger partial charge >= 0.3 is 5.97 Å². The maximum absolute atomic E-state index is 13.0. The third-order valence-corrected chi connectivity index (χ3v) is 6.05. The summed E-state index contributed by atoms with van der Waals surface area (Å²) in [4.78, 5) is 30.9. The Hall–Kier alpha value is -2.50. The van der Waals surface area contributed by atoms with Crippen LogP contribution in [-0.2, 0) is 9.53 Å². The molecule has 1 aliphatic rings. The lowest BCUT2D eigenvalue weighted by atomic mass is 9.85. The molecule has 0 radical (unpaired) electrons. The zero-order chi connectivity index (χ0) is 18.3. The van der Waals surface area contributed by atoms with Crippen molar-refractivity contribution in [1.82, 2.24) is 4.98 Å². The van der Waals surface area contributed by atoms with Crippen LogP contribution in [0.2, 0.25) is 5.02 Å². The number of rotatable bonds is 3. The van der Waals surface area contributed by atoms with E-state index < -0.39 is 11.9 Å². The standard InChI is InChI=1S/C20H14ClNO3S/c1-25-20(24)17-16(12-2-4-13(21)5-3-12)14-10-15(26-19(14)18(17)23)11-6-8-22-9-7-11/h2-10,16-17H,1H3/t16-,17+/m1/s1. The average Bonchev–Trinajstić information content (AvgIpc) is 3.21. The largest absolute Gasteiger partial charge is 0.468 e. The van der Waals surface area contributed by atoms with Crippen molar-refractivity contribution in [2.75, 3.05) is 7.11 Å². The highest BCUT2D eigenvalue weighted by Gasteiger charge is 2.47. The molecule has 3 aromatic rings. The number of ether oxygens (including phenoxy) is 1. The van der Waals surface area contributed by atoms with Crippen LogP contribution in [0.1, 0.15) is 26.7 Å². The second kappa shape index (κ2) is 6.67. The predicted octanol–water partition coefficient (Wildman–Crippen LogP) is 4.58. The van der Waals surface area contributed by atoms with Crippen molar-refractivity contribution in [2.24, 2.45) is 5.92 Å². The lowest BCUT2D eigenvalue weighted by molar-refractivity contribution is -0.143. The van der Waals surface area contributed by atoms with Gasteiger partial charge in [0.05, 0.1) is 12.0 Å². The number of carbonyl (C=O) groups excluding carboxylic acids is 2. The predicted molar refractivity (Wildman–Crippen MR) is 101 cm³/mol. The first-order valence-corrected chi connectivity index (χ1v) is 9.21. The molecular weight excluding hydrogens is 370 g/mol. The lowest BCUT2D eigenvalue weighted by Crippen LogP contribution is -2.26. The molecule has 0 fully saturated rings. The molecule has 1 aliphatic carbocycles. The van der Waals surface area contributed by atoms with E-state index in [0.29, 0.717) is 9.90 Å². The summed E-state index contributed by atoms with van der Waals surface area (Å²) in [5, 5.41) is 0.607. The van der Waals surface area contributed by atoms with Gasteiger partial charge in [-0.05, 0) is 47.0 Å². The molecule has 0 spiro atoms. The molecule has 0 unspecified atom stereocenters. The molecule has 4 rings (SSSR count). The normalized spacial score (nSPS) is 18.6. The van der Waals surface area contributed by atoms with Gasteiger partial charge in [-0.3, -0.25) is 14.6 Å². The van der Waals surface area contributed by atoms with Gasteiger partial charge in [-0.15, -0.1) is 11.3 Å². The van der Waals surface area contributed by atoms with E-state index in [1.165, 1.54) is 18.4 Å². The van der Waals surface area contributed by atoms with E-state index in [-0.39, 0.29) is 11.7 Å². The smallest absolute Gasteiger partial charge is 0.317 e. The number of hydrogen-bond donors (Lipinski definition) is 0. The molecule has 0 amide bonds. The zero-order valence-corrected chi connectivity index (χ0v) is 15.4. The van der Waals surface area contributed by atoms with Crippen LogP contribution >= 0.6 is 22.9 Å². The maximum Gasteiger partial charge on any atom is 0.317 e. The fraction of sp³-hybridized carbons (Fsp3) is 0.150. The third kappa shape index (κ3) is 2.73. The number of thiophene rings is 1. The summed E-state index contributed by atoms with van der Waals surface area (Å²) in [6, 6.07) is 13.1. The Kier molecular flexibility index (Phi) is 4.34. The van der Waals surface area contributed by atoms with Crippen LogP contribution in [0, 0.1) is 5.92 Å². The number of methoxy groups -OCH3 is 1. The van der Waals surface area contributed by atoms with Crippen LogP contribution in [-0.4, -0.2) is 23.8 Å². The second-order valence-corrected chi connectivity index (χ2v) is 7.51. The first kappa shape index (κ1) is 16.9. The number of Topliss-reactive ketones (excluding diaryl/α,β-unsaturated/α-hetero) is 1. The number of fused-ring (bicyclic) bond motifs is 1. The minimum absolute atomic E-state index is 0.183. The van der Waals surface area contributed by atoms with Gasteiger partial charge in [-0.2, -0.15) is 0 Å². The van der Waals surface area contributed by atoms with E-state index in [9.17, 15) is 9.59 Å². The van der Waals surface area contributed by atoms with Crippen LogP contribution in [0.25, 0.3) is 10.4 Å². The van der Waals surface area contributed by atoms with E-state index in [4.69, 9.17) is 16.3 Å². The van der Waals surface area contributed by atoms with Gasteiger partial charge in [-0.1, -0.05) is 23.7 Å². The molecule has 6 heteroatoms. The fourth-order valence-electron chi connectivity index (χ4n) is 3.37. The molecule has 0 saturated carbocycles. The van der Waals surface area contributed by atoms with E-state index in [0.717, 1.165) is 21.6 Å². The lowest BCUT2D eigenvalue weighted by Gasteiger charge is -2.18. The number of benzene rings is 1. The molecule has 0 bridgehead atoms. The number of aromatic nitrogens is 1. The van der Waals surface area contributed by atoms with E-state index in [2.05, 4.69) is 4.98 Å². The molecule has 4 nitrogen and oxygen atoms in total. The second-order valence-electron chi connectivity index (χ2n) is 6.03. The van der Waals surface area contributed by atoms with Gasteiger partial charge in [0, 0.05) is 28.2 Å². The van der Waals surface area contributed by atoms with Gasteiger partial charge in [0.15, 0.2) is 5.78 Å². The molecular formula is C20H14ClNO3S. The fourth-order valence-corrected chi connectivity index (χ4v) is 4.69. The first-order valence-electron chi connectivity index (χ1n) is 8.02. The first-order chi connectivity index (χ1) is 12.6. The van der Waals surface area contributed by atoms with Crippen LogP contribution in [0.4, 0.5) is 0 Å². The Labute approximate surface area is 159 Å². The summed E-state index contributed by atoms with van der Waals surface area (Å²) < 4.78 is 4.91. The average molecular weight is 384 g/mol. The Morgan fingerprint density at radius 1 is 1.15 bits per heavy atom. The molecule has 2 atom stereocenters. The number of esters is 1. The number of halogens is 1. The van der Waals surface area contributed by atoms with Crippen molar-refractivity contribution in [1.29, 1.82) is 0 Å². The molecule has 2 aromatic heterocycles. The van der Waals surface area contributed by atoms with E-state index >= 15 is 0 Å². The molecule has 1 aromatic carbocycles. The summed E-state index contributed by atoms with van der Waals surface area (Å²) >= 11 is 7.40. The van der Waals surface area contributed by atoms with Crippen molar-refractivity contribution in [2.45, 2.75) is 5.92 Å². The van der Waals surface area contributed by atoms with Crippen LogP contribution in [0.15, 0.2) is 54.9 Å². The molecule has 0 N–H and O–H groups in total. The molecule has 130 valence electrons. The minimum atomic E-state index is -0.853. The van der Waals surface area contributed by atoms with Crippen molar-refractivity contribution in [3.05, 3.63) is 75.9 Å². The summed E-state index contributed by atoms with van der Waals surface area (Å²) in [6.45, 7) is 0. The van der Waals surface area contributed by atoms with Crippen molar-refractivity contribution in [3.63, 3.8) is 0 Å². The maximum atomic E-state index is 13.0. The Balaban J connectivity index is 1.85. The van der Waals surface area contributed by atoms with Crippen LogP contribution in [0.5, 0.6) is 0 Å². The van der Waals surface area contributed by atoms with Crippen molar-refractivity contribution < 1.29 is 14.3 Å². The molecule has 26 heavy (non-hydrogen) atoms. The Bertz CT molecular complexity index is 982. The Morgan fingerprint density at radius 3 is 2.50 bits per heavy atom. The number of carbonyl (C=O) groups is 2. The minimum Gasteiger partial charge on any atom is -0.468 e. The van der Waals surface area contributed by atoms with Gasteiger partial charge in [0.2, 0.25) is 0 Å². The molecule has 2 heterocycles. The molecule has 0 saturated heterocycles. The highest BCUT2D eigenvalue weighted by Crippen LogP contribution is 2.48. The third-order valence-electron chi connectivity index (χ3n) is 4.58. The quantitative estimate of drug-likeness (QED) is 0.490. The van der Waals surface area contributed by atoms with Gasteiger partial charge in [-0.25, -0.2) is 0 Å². The topological polar surface area (TPSA) is 56.3 Å². The summed E-state index contributed by atoms with van der Waals surface area (Å²) in [5.41, 5.74) is 2.73. The molecule has 0 aliphatic heterocycles. The van der Waals surface area contributed by atoms with E-state index in [1.54, 1.807) is 24.5 Å². The SMILES string of the molecule is COC(=O)[C@@H]1C(=O)c2sc(-c3ccncc3)cc2[C@H]1c1ccc(Cl)cc1. The van der Waals surface area contributed by atoms with Crippen LogP contribution in [0.3, 0.4) is 0 Å².